The second-order valence-electron chi connectivity index (χ2n) is 5.01. The molecule has 3 rings (SSSR count). The minimum atomic E-state index is -0.188. The number of nitrogens with one attached hydrogen (secondary N) is 1. The molecule has 2 heterocycles. The van der Waals surface area contributed by atoms with Crippen molar-refractivity contribution in [3.8, 4) is 5.75 Å². The summed E-state index contributed by atoms with van der Waals surface area (Å²) in [6.45, 7) is 2.81. The van der Waals surface area contributed by atoms with Crippen molar-refractivity contribution in [1.29, 1.82) is 0 Å². The highest BCUT2D eigenvalue weighted by Gasteiger charge is 2.30. The van der Waals surface area contributed by atoms with Crippen LogP contribution in [0.25, 0.3) is 0 Å². The zero-order valence-electron chi connectivity index (χ0n) is 10.8. The lowest BCUT2D eigenvalue weighted by Crippen LogP contribution is -2.35. The first kappa shape index (κ1) is 12.0. The van der Waals surface area contributed by atoms with E-state index in [2.05, 4.69) is 12.2 Å². The van der Waals surface area contributed by atoms with Gasteiger partial charge in [-0.2, -0.15) is 0 Å². The topological polar surface area (TPSA) is 58.6 Å². The van der Waals surface area contributed by atoms with Gasteiger partial charge in [-0.3, -0.25) is 9.59 Å². The minimum Gasteiger partial charge on any atom is -0.481 e. The normalized spacial score (nSPS) is 21.6. The number of rotatable bonds is 1. The standard InChI is InChI=1S/C14H16N2O3/c1-9-4-3-7-16(9)14(18)10-5-2-6-11-13(10)19-8-12(17)15-11/h2,5-6,9H,3-4,7-8H2,1H3,(H,15,17). The SMILES string of the molecule is CC1CCCN1C(=O)c1cccc2c1OCC(=O)N2. The van der Waals surface area contributed by atoms with Gasteiger partial charge in [-0.15, -0.1) is 0 Å². The molecule has 2 aliphatic rings. The third-order valence-electron chi connectivity index (χ3n) is 3.68. The van der Waals surface area contributed by atoms with Gasteiger partial charge in [0.05, 0.1) is 11.3 Å². The molecule has 2 amide bonds. The van der Waals surface area contributed by atoms with Crippen molar-refractivity contribution in [2.45, 2.75) is 25.8 Å². The largest absolute Gasteiger partial charge is 0.481 e. The van der Waals surface area contributed by atoms with Gasteiger partial charge in [-0.1, -0.05) is 6.07 Å². The van der Waals surface area contributed by atoms with Gasteiger partial charge in [0.25, 0.3) is 11.8 Å². The molecular formula is C14H16N2O3. The Morgan fingerprint density at radius 1 is 1.47 bits per heavy atom. The molecule has 19 heavy (non-hydrogen) atoms. The summed E-state index contributed by atoms with van der Waals surface area (Å²) >= 11 is 0. The smallest absolute Gasteiger partial charge is 0.262 e. The number of nitrogens with zero attached hydrogens (tertiary/aromatic N) is 1. The summed E-state index contributed by atoms with van der Waals surface area (Å²) in [7, 11) is 0. The zero-order valence-corrected chi connectivity index (χ0v) is 10.8. The lowest BCUT2D eigenvalue weighted by atomic mass is 10.1. The summed E-state index contributed by atoms with van der Waals surface area (Å²) in [6.07, 6.45) is 2.08. The molecule has 5 heteroatoms. The monoisotopic (exact) mass is 260 g/mol. The zero-order chi connectivity index (χ0) is 13.4. The number of ether oxygens (including phenoxy) is 1. The Morgan fingerprint density at radius 3 is 3.05 bits per heavy atom. The van der Waals surface area contributed by atoms with Gasteiger partial charge in [0.2, 0.25) is 0 Å². The molecule has 1 atom stereocenters. The van der Waals surface area contributed by atoms with Gasteiger partial charge >= 0.3 is 0 Å². The van der Waals surface area contributed by atoms with E-state index in [-0.39, 0.29) is 24.5 Å². The second-order valence-corrected chi connectivity index (χ2v) is 5.01. The number of carbonyl (C=O) groups is 2. The summed E-state index contributed by atoms with van der Waals surface area (Å²) in [6, 6.07) is 5.53. The Bertz CT molecular complexity index is 541. The van der Waals surface area contributed by atoms with E-state index >= 15 is 0 Å². The first-order chi connectivity index (χ1) is 9.16. The Hall–Kier alpha value is -2.04. The predicted molar refractivity (Wildman–Crippen MR) is 70.3 cm³/mol. The third kappa shape index (κ3) is 2.05. The van der Waals surface area contributed by atoms with Crippen molar-refractivity contribution in [2.75, 3.05) is 18.5 Å². The molecule has 1 N–H and O–H groups in total. The van der Waals surface area contributed by atoms with Gasteiger partial charge in [0.1, 0.15) is 0 Å². The summed E-state index contributed by atoms with van der Waals surface area (Å²) in [5.74, 6) is 0.288. The van der Waals surface area contributed by atoms with Gasteiger partial charge in [0, 0.05) is 12.6 Å². The van der Waals surface area contributed by atoms with Crippen LogP contribution in [0, 0.1) is 0 Å². The van der Waals surface area contributed by atoms with E-state index in [1.54, 1.807) is 18.2 Å². The first-order valence-electron chi connectivity index (χ1n) is 6.53. The maximum atomic E-state index is 12.5. The van der Waals surface area contributed by atoms with E-state index in [9.17, 15) is 9.59 Å². The van der Waals surface area contributed by atoms with Crippen molar-refractivity contribution in [3.05, 3.63) is 23.8 Å². The van der Waals surface area contributed by atoms with Crippen LogP contribution < -0.4 is 10.1 Å². The highest BCUT2D eigenvalue weighted by Crippen LogP contribution is 2.33. The molecule has 0 radical (unpaired) electrons. The lowest BCUT2D eigenvalue weighted by molar-refractivity contribution is -0.118. The van der Waals surface area contributed by atoms with E-state index in [0.717, 1.165) is 19.4 Å². The molecule has 0 saturated carbocycles. The quantitative estimate of drug-likeness (QED) is 0.835. The molecular weight excluding hydrogens is 244 g/mol. The van der Waals surface area contributed by atoms with E-state index in [4.69, 9.17) is 4.74 Å². The van der Waals surface area contributed by atoms with E-state index < -0.39 is 0 Å². The molecule has 2 aliphatic heterocycles. The Balaban J connectivity index is 1.95. The number of fused-ring (bicyclic) bond motifs is 1. The number of likely N-dealkylation sites (tertiary alicyclic amines) is 1. The van der Waals surface area contributed by atoms with Gasteiger partial charge in [-0.05, 0) is 31.9 Å². The van der Waals surface area contributed by atoms with Crippen LogP contribution in [-0.2, 0) is 4.79 Å². The molecule has 1 saturated heterocycles. The van der Waals surface area contributed by atoms with E-state index in [1.807, 2.05) is 4.90 Å². The minimum absolute atomic E-state index is 0.0157. The Morgan fingerprint density at radius 2 is 2.32 bits per heavy atom. The number of amides is 2. The molecule has 0 aromatic heterocycles. The summed E-state index contributed by atoms with van der Waals surface area (Å²) < 4.78 is 5.42. The molecule has 0 spiro atoms. The number of carbonyl (C=O) groups excluding carboxylic acids is 2. The van der Waals surface area contributed by atoms with Gasteiger partial charge in [-0.25, -0.2) is 0 Å². The molecule has 100 valence electrons. The average Bonchev–Trinajstić information content (AvgIpc) is 2.83. The van der Waals surface area contributed by atoms with Gasteiger partial charge in [0.15, 0.2) is 12.4 Å². The van der Waals surface area contributed by atoms with Crippen molar-refractivity contribution >= 4 is 17.5 Å². The number of hydrogen-bond donors (Lipinski definition) is 1. The molecule has 1 unspecified atom stereocenters. The predicted octanol–water partition coefficient (Wildman–Crippen LogP) is 1.64. The number of hydrogen-bond acceptors (Lipinski definition) is 3. The fourth-order valence-electron chi connectivity index (χ4n) is 2.67. The lowest BCUT2D eigenvalue weighted by Gasteiger charge is -2.25. The van der Waals surface area contributed by atoms with Crippen LogP contribution in [0.4, 0.5) is 5.69 Å². The molecule has 1 aromatic rings. The fourth-order valence-corrected chi connectivity index (χ4v) is 2.67. The molecule has 1 aromatic carbocycles. The number of para-hydroxylation sites is 1. The molecule has 1 fully saturated rings. The van der Waals surface area contributed by atoms with Crippen LogP contribution in [0.3, 0.4) is 0 Å². The Kier molecular flexibility index (Phi) is 2.89. The van der Waals surface area contributed by atoms with Crippen molar-refractivity contribution in [3.63, 3.8) is 0 Å². The third-order valence-corrected chi connectivity index (χ3v) is 3.68. The molecule has 5 nitrogen and oxygen atoms in total. The van der Waals surface area contributed by atoms with Crippen LogP contribution in [0.15, 0.2) is 18.2 Å². The highest BCUT2D eigenvalue weighted by atomic mass is 16.5. The van der Waals surface area contributed by atoms with Crippen LogP contribution >= 0.6 is 0 Å². The van der Waals surface area contributed by atoms with Gasteiger partial charge < -0.3 is 15.0 Å². The van der Waals surface area contributed by atoms with Crippen LogP contribution in [0.1, 0.15) is 30.1 Å². The summed E-state index contributed by atoms with van der Waals surface area (Å²) in [5.41, 5.74) is 1.11. The summed E-state index contributed by atoms with van der Waals surface area (Å²) in [5, 5.41) is 2.72. The van der Waals surface area contributed by atoms with E-state index in [1.165, 1.54) is 0 Å². The average molecular weight is 260 g/mol. The van der Waals surface area contributed by atoms with E-state index in [0.29, 0.717) is 17.0 Å². The van der Waals surface area contributed by atoms with Crippen LogP contribution in [0.5, 0.6) is 5.75 Å². The second kappa shape index (κ2) is 4.57. The number of benzene rings is 1. The first-order valence-corrected chi connectivity index (χ1v) is 6.53. The molecule has 0 aliphatic carbocycles. The fraction of sp³-hybridized carbons (Fsp3) is 0.429. The van der Waals surface area contributed by atoms with Crippen molar-refractivity contribution < 1.29 is 14.3 Å². The van der Waals surface area contributed by atoms with Crippen molar-refractivity contribution in [1.82, 2.24) is 4.90 Å². The number of anilines is 1. The van der Waals surface area contributed by atoms with Crippen molar-refractivity contribution in [2.24, 2.45) is 0 Å². The van der Waals surface area contributed by atoms with Crippen LogP contribution in [0.2, 0.25) is 0 Å². The Labute approximate surface area is 111 Å². The maximum Gasteiger partial charge on any atom is 0.262 e. The summed E-state index contributed by atoms with van der Waals surface area (Å²) in [4.78, 5) is 25.7. The highest BCUT2D eigenvalue weighted by molar-refractivity contribution is 6.03. The van der Waals surface area contributed by atoms with Crippen LogP contribution in [-0.4, -0.2) is 35.9 Å². The molecule has 0 bridgehead atoms. The maximum absolute atomic E-state index is 12.5.